The highest BCUT2D eigenvalue weighted by Crippen LogP contribution is 2.26. The summed E-state index contributed by atoms with van der Waals surface area (Å²) in [5, 5.41) is 2.98. The molecule has 0 heterocycles. The minimum Gasteiger partial charge on any atom is -0.483 e. The minimum absolute atomic E-state index is 0.00786. The maximum absolute atomic E-state index is 13.4. The van der Waals surface area contributed by atoms with Crippen LogP contribution < -0.4 is 10.1 Å². The second-order valence-corrected chi connectivity index (χ2v) is 8.37. The smallest absolute Gasteiger partial charge is 0.261 e. The first-order valence-electron chi connectivity index (χ1n) is 11.3. The fourth-order valence-corrected chi connectivity index (χ4v) is 3.46. The van der Waals surface area contributed by atoms with E-state index in [2.05, 4.69) is 19.2 Å². The number of halogens is 1. The zero-order valence-corrected chi connectivity index (χ0v) is 19.7. The van der Waals surface area contributed by atoms with Gasteiger partial charge in [-0.25, -0.2) is 4.39 Å². The molecule has 0 spiro atoms. The van der Waals surface area contributed by atoms with Crippen LogP contribution in [-0.2, 0) is 16.1 Å². The van der Waals surface area contributed by atoms with Crippen molar-refractivity contribution < 1.29 is 18.7 Å². The zero-order chi connectivity index (χ0) is 23.7. The van der Waals surface area contributed by atoms with Crippen molar-refractivity contribution in [3.05, 3.63) is 65.5 Å². The molecule has 0 aliphatic heterocycles. The van der Waals surface area contributed by atoms with Gasteiger partial charge in [0.05, 0.1) is 0 Å². The van der Waals surface area contributed by atoms with E-state index in [0.29, 0.717) is 12.2 Å². The third-order valence-electron chi connectivity index (χ3n) is 5.55. The number of amides is 2. The summed E-state index contributed by atoms with van der Waals surface area (Å²) in [6, 6.07) is 13.0. The van der Waals surface area contributed by atoms with Crippen LogP contribution in [0.1, 0.15) is 64.5 Å². The van der Waals surface area contributed by atoms with Gasteiger partial charge >= 0.3 is 0 Å². The molecule has 0 fully saturated rings. The maximum Gasteiger partial charge on any atom is 0.261 e. The SMILES string of the molecule is CC[C@H](C(=O)N[C@@H](C)CC)N(Cc1ccc(F)cc1)C(=O)COc1ccccc1C(C)C. The van der Waals surface area contributed by atoms with Gasteiger partial charge in [-0.1, -0.05) is 58.0 Å². The van der Waals surface area contributed by atoms with Gasteiger partial charge in [0.25, 0.3) is 5.91 Å². The first-order valence-corrected chi connectivity index (χ1v) is 11.3. The Hall–Kier alpha value is -2.89. The quantitative estimate of drug-likeness (QED) is 0.530. The van der Waals surface area contributed by atoms with Crippen LogP contribution in [0.3, 0.4) is 0 Å². The normalized spacial score (nSPS) is 12.8. The average Bonchev–Trinajstić information content (AvgIpc) is 2.78. The van der Waals surface area contributed by atoms with Gasteiger partial charge in [0.2, 0.25) is 5.91 Å². The molecule has 0 aromatic heterocycles. The van der Waals surface area contributed by atoms with Gasteiger partial charge < -0.3 is 15.0 Å². The number of carbonyl (C=O) groups excluding carboxylic acids is 2. The first kappa shape index (κ1) is 25.4. The summed E-state index contributed by atoms with van der Waals surface area (Å²) in [6.07, 6.45) is 1.25. The van der Waals surface area contributed by atoms with Crippen molar-refractivity contribution >= 4 is 11.8 Å². The van der Waals surface area contributed by atoms with Crippen molar-refractivity contribution in [2.75, 3.05) is 6.61 Å². The Labute approximate surface area is 191 Å². The molecule has 1 N–H and O–H groups in total. The lowest BCUT2D eigenvalue weighted by molar-refractivity contribution is -0.143. The largest absolute Gasteiger partial charge is 0.483 e. The van der Waals surface area contributed by atoms with E-state index in [0.717, 1.165) is 17.5 Å². The Morgan fingerprint density at radius 2 is 1.66 bits per heavy atom. The molecule has 2 atom stereocenters. The van der Waals surface area contributed by atoms with Gasteiger partial charge in [-0.15, -0.1) is 0 Å². The first-order chi connectivity index (χ1) is 15.3. The van der Waals surface area contributed by atoms with Crippen molar-refractivity contribution in [2.24, 2.45) is 0 Å². The van der Waals surface area contributed by atoms with Crippen LogP contribution in [-0.4, -0.2) is 35.4 Å². The highest BCUT2D eigenvalue weighted by atomic mass is 19.1. The highest BCUT2D eigenvalue weighted by Gasteiger charge is 2.29. The van der Waals surface area contributed by atoms with E-state index in [1.54, 1.807) is 12.1 Å². The topological polar surface area (TPSA) is 58.6 Å². The molecule has 2 amide bonds. The molecule has 2 aromatic rings. The van der Waals surface area contributed by atoms with Crippen LogP contribution in [0.15, 0.2) is 48.5 Å². The lowest BCUT2D eigenvalue weighted by Crippen LogP contribution is -2.51. The number of carbonyl (C=O) groups is 2. The van der Waals surface area contributed by atoms with Crippen LogP contribution in [0.2, 0.25) is 0 Å². The number of nitrogens with zero attached hydrogens (tertiary/aromatic N) is 1. The number of hydrogen-bond acceptors (Lipinski definition) is 3. The Morgan fingerprint density at radius 1 is 1.00 bits per heavy atom. The third-order valence-corrected chi connectivity index (χ3v) is 5.55. The monoisotopic (exact) mass is 442 g/mol. The van der Waals surface area contributed by atoms with Crippen molar-refractivity contribution in [1.82, 2.24) is 10.2 Å². The molecule has 0 saturated heterocycles. The summed E-state index contributed by atoms with van der Waals surface area (Å²) >= 11 is 0. The number of nitrogens with one attached hydrogen (secondary N) is 1. The number of para-hydroxylation sites is 1. The van der Waals surface area contributed by atoms with E-state index >= 15 is 0 Å². The second-order valence-electron chi connectivity index (χ2n) is 8.37. The molecule has 0 aliphatic carbocycles. The Balaban J connectivity index is 2.24. The van der Waals surface area contributed by atoms with Gasteiger partial charge in [-0.2, -0.15) is 0 Å². The molecule has 6 heteroatoms. The predicted octanol–water partition coefficient (Wildman–Crippen LogP) is 5.05. The van der Waals surface area contributed by atoms with E-state index in [9.17, 15) is 14.0 Å². The number of benzene rings is 2. The zero-order valence-electron chi connectivity index (χ0n) is 19.7. The Kier molecular flexibility index (Phi) is 9.69. The minimum atomic E-state index is -0.648. The fraction of sp³-hybridized carbons (Fsp3) is 0.462. The van der Waals surface area contributed by atoms with E-state index in [1.807, 2.05) is 45.0 Å². The van der Waals surface area contributed by atoms with Crippen LogP contribution in [0.4, 0.5) is 4.39 Å². The predicted molar refractivity (Wildman–Crippen MR) is 125 cm³/mol. The molecule has 0 bridgehead atoms. The van der Waals surface area contributed by atoms with E-state index in [1.165, 1.54) is 17.0 Å². The summed E-state index contributed by atoms with van der Waals surface area (Å²) in [7, 11) is 0. The van der Waals surface area contributed by atoms with Crippen LogP contribution >= 0.6 is 0 Å². The molecule has 32 heavy (non-hydrogen) atoms. The van der Waals surface area contributed by atoms with Crippen LogP contribution in [0.5, 0.6) is 5.75 Å². The number of ether oxygens (including phenoxy) is 1. The molecule has 5 nitrogen and oxygen atoms in total. The van der Waals surface area contributed by atoms with Gasteiger partial charge in [-0.3, -0.25) is 9.59 Å². The number of hydrogen-bond donors (Lipinski definition) is 1. The Bertz CT molecular complexity index is 883. The lowest BCUT2D eigenvalue weighted by atomic mass is 10.0. The maximum atomic E-state index is 13.4. The van der Waals surface area contributed by atoms with Gasteiger partial charge in [-0.05, 0) is 55.0 Å². The highest BCUT2D eigenvalue weighted by molar-refractivity contribution is 5.88. The van der Waals surface area contributed by atoms with Crippen molar-refractivity contribution in [1.29, 1.82) is 0 Å². The molecule has 174 valence electrons. The standard InChI is InChI=1S/C26H35FN2O3/c1-6-19(5)28-26(31)23(7-2)29(16-20-12-14-21(27)15-13-20)25(30)17-32-24-11-9-8-10-22(24)18(3)4/h8-15,18-19,23H,6-7,16-17H2,1-5H3,(H,28,31)/t19-,23+/m0/s1. The van der Waals surface area contributed by atoms with Crippen LogP contribution in [0, 0.1) is 5.82 Å². The summed E-state index contributed by atoms with van der Waals surface area (Å²) in [5.74, 6) is 0.0803. The van der Waals surface area contributed by atoms with Crippen LogP contribution in [0.25, 0.3) is 0 Å². The second kappa shape index (κ2) is 12.2. The molecule has 0 saturated carbocycles. The van der Waals surface area contributed by atoms with Crippen molar-refractivity contribution in [3.8, 4) is 5.75 Å². The fourth-order valence-electron chi connectivity index (χ4n) is 3.46. The molecule has 2 rings (SSSR count). The van der Waals surface area contributed by atoms with E-state index in [4.69, 9.17) is 4.74 Å². The molecule has 0 unspecified atom stereocenters. The molecule has 0 aliphatic rings. The van der Waals surface area contributed by atoms with Crippen molar-refractivity contribution in [3.63, 3.8) is 0 Å². The molecule has 0 radical (unpaired) electrons. The summed E-state index contributed by atoms with van der Waals surface area (Å²) < 4.78 is 19.3. The molecule has 2 aromatic carbocycles. The summed E-state index contributed by atoms with van der Waals surface area (Å²) in [6.45, 7) is 9.95. The molecular weight excluding hydrogens is 407 g/mol. The van der Waals surface area contributed by atoms with Gasteiger partial charge in [0.15, 0.2) is 6.61 Å². The average molecular weight is 443 g/mol. The van der Waals surface area contributed by atoms with Gasteiger partial charge in [0, 0.05) is 12.6 Å². The van der Waals surface area contributed by atoms with Gasteiger partial charge in [0.1, 0.15) is 17.6 Å². The summed E-state index contributed by atoms with van der Waals surface area (Å²) in [5.41, 5.74) is 1.77. The third kappa shape index (κ3) is 7.08. The molecular formula is C26H35FN2O3. The Morgan fingerprint density at radius 3 is 2.25 bits per heavy atom. The lowest BCUT2D eigenvalue weighted by Gasteiger charge is -2.31. The van der Waals surface area contributed by atoms with E-state index < -0.39 is 6.04 Å². The number of rotatable bonds is 11. The van der Waals surface area contributed by atoms with Crippen molar-refractivity contribution in [2.45, 2.75) is 72.0 Å². The van der Waals surface area contributed by atoms with E-state index in [-0.39, 0.29) is 42.7 Å². The summed E-state index contributed by atoms with van der Waals surface area (Å²) in [4.78, 5) is 27.8.